The molecule has 5 nitrogen and oxygen atoms in total. The van der Waals surface area contributed by atoms with Crippen LogP contribution >= 0.6 is 11.8 Å². The number of fused-ring (bicyclic) bond motifs is 1. The van der Waals surface area contributed by atoms with Gasteiger partial charge in [0.05, 0.1) is 5.25 Å². The van der Waals surface area contributed by atoms with Crippen LogP contribution < -0.4 is 0 Å². The lowest BCUT2D eigenvalue weighted by Crippen LogP contribution is -2.14. The summed E-state index contributed by atoms with van der Waals surface area (Å²) in [7, 11) is 0. The number of aryl methyl sites for hydroxylation is 1. The first-order valence-corrected chi connectivity index (χ1v) is 8.63. The smallest absolute Gasteiger partial charge is 0.277 e. The van der Waals surface area contributed by atoms with Gasteiger partial charge < -0.3 is 9.40 Å². The molecule has 2 heterocycles. The number of thioether (sulfide) groups is 1. The number of aromatic nitrogens is 3. The second-order valence-corrected chi connectivity index (χ2v) is 7.27. The van der Waals surface area contributed by atoms with Crippen LogP contribution in [-0.4, -0.2) is 26.2 Å². The van der Waals surface area contributed by atoms with Crippen molar-refractivity contribution in [1.29, 1.82) is 0 Å². The summed E-state index contributed by atoms with van der Waals surface area (Å²) < 4.78 is 5.64. The molecule has 0 bridgehead atoms. The monoisotopic (exact) mass is 327 g/mol. The van der Waals surface area contributed by atoms with Crippen LogP contribution in [0.4, 0.5) is 0 Å². The Bertz CT molecular complexity index is 879. The molecule has 0 unspecified atom stereocenters. The lowest BCUT2D eigenvalue weighted by molar-refractivity contribution is 0.0994. The van der Waals surface area contributed by atoms with Crippen molar-refractivity contribution in [1.82, 2.24) is 15.2 Å². The number of hydrogen-bond acceptors (Lipinski definition) is 5. The van der Waals surface area contributed by atoms with Crippen LogP contribution in [0.3, 0.4) is 0 Å². The van der Waals surface area contributed by atoms with Crippen LogP contribution in [0.25, 0.3) is 10.9 Å². The lowest BCUT2D eigenvalue weighted by atomic mass is 10.1. The molecule has 1 aromatic carbocycles. The first-order chi connectivity index (χ1) is 11.1. The summed E-state index contributed by atoms with van der Waals surface area (Å²) in [5.74, 6) is 1.21. The van der Waals surface area contributed by atoms with Gasteiger partial charge in [0.25, 0.3) is 5.22 Å². The first-order valence-electron chi connectivity index (χ1n) is 7.75. The third kappa shape index (κ3) is 2.67. The maximum Gasteiger partial charge on any atom is 0.277 e. The highest BCUT2D eigenvalue weighted by Gasteiger charge is 2.30. The van der Waals surface area contributed by atoms with Crippen LogP contribution in [0.1, 0.15) is 47.6 Å². The molecule has 0 spiro atoms. The molecule has 0 saturated heterocycles. The summed E-state index contributed by atoms with van der Waals surface area (Å²) in [5.41, 5.74) is 2.63. The van der Waals surface area contributed by atoms with Gasteiger partial charge in [-0.25, -0.2) is 0 Å². The zero-order valence-electron chi connectivity index (χ0n) is 13.0. The molecule has 1 aliphatic carbocycles. The summed E-state index contributed by atoms with van der Waals surface area (Å²) in [6.07, 6.45) is 2.24. The molecule has 1 saturated carbocycles. The summed E-state index contributed by atoms with van der Waals surface area (Å²) in [6, 6.07) is 7.87. The largest absolute Gasteiger partial charge is 0.416 e. The fourth-order valence-electron chi connectivity index (χ4n) is 2.77. The average Bonchev–Trinajstić information content (AvgIpc) is 3.19. The fourth-order valence-corrected chi connectivity index (χ4v) is 3.51. The molecule has 0 amide bonds. The summed E-state index contributed by atoms with van der Waals surface area (Å²) in [5, 5.41) is 9.28. The van der Waals surface area contributed by atoms with Gasteiger partial charge in [0.15, 0.2) is 5.78 Å². The van der Waals surface area contributed by atoms with E-state index in [1.807, 2.05) is 38.1 Å². The maximum atomic E-state index is 12.9. The van der Waals surface area contributed by atoms with Gasteiger partial charge >= 0.3 is 0 Å². The number of benzene rings is 1. The van der Waals surface area contributed by atoms with E-state index in [2.05, 4.69) is 15.2 Å². The van der Waals surface area contributed by atoms with Gasteiger partial charge in [0, 0.05) is 28.1 Å². The molecule has 3 aromatic rings. The van der Waals surface area contributed by atoms with E-state index in [0.717, 1.165) is 35.0 Å². The Morgan fingerprint density at radius 2 is 2.13 bits per heavy atom. The van der Waals surface area contributed by atoms with E-state index in [9.17, 15) is 4.79 Å². The molecule has 0 radical (unpaired) electrons. The van der Waals surface area contributed by atoms with Crippen molar-refractivity contribution in [3.63, 3.8) is 0 Å². The van der Waals surface area contributed by atoms with Crippen LogP contribution in [0, 0.1) is 6.92 Å². The molecular weight excluding hydrogens is 310 g/mol. The van der Waals surface area contributed by atoms with E-state index in [1.165, 1.54) is 11.8 Å². The molecule has 1 N–H and O–H groups in total. The van der Waals surface area contributed by atoms with Gasteiger partial charge in [0.2, 0.25) is 5.89 Å². The SMILES string of the molecule is Cc1[nH]c2ccccc2c1C(=O)[C@@H](C)Sc1nnc(C2CC2)o1. The fraction of sp³-hybridized carbons (Fsp3) is 0.353. The molecule has 23 heavy (non-hydrogen) atoms. The number of hydrogen-bond donors (Lipinski definition) is 1. The lowest BCUT2D eigenvalue weighted by Gasteiger charge is -2.07. The van der Waals surface area contributed by atoms with Crippen LogP contribution in [0.5, 0.6) is 0 Å². The van der Waals surface area contributed by atoms with E-state index in [4.69, 9.17) is 4.42 Å². The number of carbonyl (C=O) groups excluding carboxylic acids is 1. The topological polar surface area (TPSA) is 71.8 Å². The molecule has 4 rings (SSSR count). The molecule has 1 aliphatic rings. The molecule has 1 fully saturated rings. The Morgan fingerprint density at radius 3 is 2.91 bits per heavy atom. The second-order valence-electron chi connectivity index (χ2n) is 5.98. The molecule has 118 valence electrons. The summed E-state index contributed by atoms with van der Waals surface area (Å²) >= 11 is 1.33. The van der Waals surface area contributed by atoms with Crippen molar-refractivity contribution >= 4 is 28.4 Å². The Labute approximate surface area is 137 Å². The number of Topliss-reactive ketones (excluding diaryl/α,β-unsaturated/α-hetero) is 1. The zero-order chi connectivity index (χ0) is 16.0. The number of nitrogens with one attached hydrogen (secondary N) is 1. The number of rotatable bonds is 5. The summed E-state index contributed by atoms with van der Waals surface area (Å²) in [6.45, 7) is 3.82. The van der Waals surface area contributed by atoms with Crippen molar-refractivity contribution in [2.24, 2.45) is 0 Å². The number of aromatic amines is 1. The third-order valence-corrected chi connectivity index (χ3v) is 5.07. The quantitative estimate of drug-likeness (QED) is 0.564. The number of para-hydroxylation sites is 1. The highest BCUT2D eigenvalue weighted by atomic mass is 32.2. The maximum absolute atomic E-state index is 12.9. The standard InChI is InChI=1S/C17H17N3O2S/c1-9-14(12-5-3-4-6-13(12)18-9)15(21)10(2)23-17-20-19-16(22-17)11-7-8-11/h3-6,10-11,18H,7-8H2,1-2H3/t10-/m1/s1. The number of ketones is 1. The molecular formula is C17H17N3O2S. The van der Waals surface area contributed by atoms with Crippen LogP contribution in [-0.2, 0) is 0 Å². The molecule has 0 aliphatic heterocycles. The first kappa shape index (κ1) is 14.5. The Balaban J connectivity index is 1.58. The van der Waals surface area contributed by atoms with Crippen LogP contribution in [0.15, 0.2) is 33.9 Å². The Kier molecular flexibility index (Phi) is 3.49. The predicted molar refractivity (Wildman–Crippen MR) is 89.0 cm³/mol. The van der Waals surface area contributed by atoms with Gasteiger partial charge in [-0.2, -0.15) is 0 Å². The van der Waals surface area contributed by atoms with E-state index in [-0.39, 0.29) is 11.0 Å². The van der Waals surface area contributed by atoms with Gasteiger partial charge in [-0.05, 0) is 32.8 Å². The number of nitrogens with zero attached hydrogens (tertiary/aromatic N) is 2. The van der Waals surface area contributed by atoms with Crippen molar-refractivity contribution in [2.45, 2.75) is 43.1 Å². The zero-order valence-corrected chi connectivity index (χ0v) is 13.8. The minimum atomic E-state index is -0.277. The highest BCUT2D eigenvalue weighted by molar-refractivity contribution is 8.00. The van der Waals surface area contributed by atoms with E-state index in [0.29, 0.717) is 17.0 Å². The second kappa shape index (κ2) is 5.53. The number of H-pyrrole nitrogens is 1. The van der Waals surface area contributed by atoms with Gasteiger partial charge in [-0.3, -0.25) is 4.79 Å². The average molecular weight is 327 g/mol. The number of carbonyl (C=O) groups is 1. The molecule has 6 heteroatoms. The normalized spacial score (nSPS) is 15.9. The van der Waals surface area contributed by atoms with Gasteiger partial charge in [-0.1, -0.05) is 30.0 Å². The predicted octanol–water partition coefficient (Wildman–Crippen LogP) is 4.10. The minimum Gasteiger partial charge on any atom is -0.416 e. The van der Waals surface area contributed by atoms with Crippen molar-refractivity contribution in [2.75, 3.05) is 0 Å². The van der Waals surface area contributed by atoms with E-state index >= 15 is 0 Å². The third-order valence-electron chi connectivity index (χ3n) is 4.14. The van der Waals surface area contributed by atoms with Crippen LogP contribution in [0.2, 0.25) is 0 Å². The van der Waals surface area contributed by atoms with Crippen molar-refractivity contribution in [3.05, 3.63) is 41.4 Å². The van der Waals surface area contributed by atoms with Gasteiger partial charge in [-0.15, -0.1) is 10.2 Å². The molecule has 1 atom stereocenters. The summed E-state index contributed by atoms with van der Waals surface area (Å²) in [4.78, 5) is 16.1. The molecule has 2 aromatic heterocycles. The van der Waals surface area contributed by atoms with Crippen molar-refractivity contribution in [3.8, 4) is 0 Å². The van der Waals surface area contributed by atoms with Gasteiger partial charge in [0.1, 0.15) is 0 Å². The van der Waals surface area contributed by atoms with E-state index < -0.39 is 0 Å². The van der Waals surface area contributed by atoms with Crippen molar-refractivity contribution < 1.29 is 9.21 Å². The minimum absolute atomic E-state index is 0.0797. The van der Waals surface area contributed by atoms with E-state index in [1.54, 1.807) is 0 Å². The Morgan fingerprint density at radius 1 is 1.35 bits per heavy atom. The highest BCUT2D eigenvalue weighted by Crippen LogP contribution is 2.40. The Hall–Kier alpha value is -2.08.